The van der Waals surface area contributed by atoms with Gasteiger partial charge in [0, 0.05) is 30.2 Å². The van der Waals surface area contributed by atoms with Gasteiger partial charge >= 0.3 is 0 Å². The summed E-state index contributed by atoms with van der Waals surface area (Å²) in [5, 5.41) is 12.7. The van der Waals surface area contributed by atoms with Crippen molar-refractivity contribution in [3.05, 3.63) is 11.8 Å². The lowest BCUT2D eigenvalue weighted by molar-refractivity contribution is -0.114. The molecule has 2 rings (SSSR count). The Bertz CT molecular complexity index is 277. The number of nitrogens with one attached hydrogen (secondary N) is 1. The lowest BCUT2D eigenvalue weighted by Gasteiger charge is -2.27. The Morgan fingerprint density at radius 3 is 2.60 bits per heavy atom. The lowest BCUT2D eigenvalue weighted by Crippen LogP contribution is -2.34. The van der Waals surface area contributed by atoms with Gasteiger partial charge in [-0.15, -0.1) is 0 Å². The molecule has 3 heteroatoms. The Kier molecular flexibility index (Phi) is 3.10. The van der Waals surface area contributed by atoms with Gasteiger partial charge in [0.25, 0.3) is 0 Å². The van der Waals surface area contributed by atoms with E-state index in [0.29, 0.717) is 6.42 Å². The van der Waals surface area contributed by atoms with Gasteiger partial charge in [-0.25, -0.2) is 0 Å². The second-order valence-corrected chi connectivity index (χ2v) is 4.85. The van der Waals surface area contributed by atoms with Crippen molar-refractivity contribution >= 4 is 5.78 Å². The van der Waals surface area contributed by atoms with E-state index in [1.54, 1.807) is 6.08 Å². The zero-order valence-electron chi connectivity index (χ0n) is 9.09. The van der Waals surface area contributed by atoms with E-state index >= 15 is 0 Å². The number of hydrogen-bond acceptors (Lipinski definition) is 3. The fraction of sp³-hybridized carbons (Fsp3) is 0.750. The summed E-state index contributed by atoms with van der Waals surface area (Å²) in [6.07, 6.45) is 7.87. The molecule has 0 saturated heterocycles. The molecule has 0 atom stereocenters. The highest BCUT2D eigenvalue weighted by atomic mass is 16.3. The SMILES string of the molecule is O=C1C=C(NCC2(CO)CCCC2)CC1. The van der Waals surface area contributed by atoms with E-state index in [4.69, 9.17) is 0 Å². The third-order valence-electron chi connectivity index (χ3n) is 3.67. The van der Waals surface area contributed by atoms with E-state index in [0.717, 1.165) is 31.5 Å². The molecule has 0 bridgehead atoms. The summed E-state index contributed by atoms with van der Waals surface area (Å²) in [5.74, 6) is 0.224. The number of rotatable bonds is 4. The first kappa shape index (κ1) is 10.7. The van der Waals surface area contributed by atoms with Gasteiger partial charge in [-0.1, -0.05) is 12.8 Å². The highest BCUT2D eigenvalue weighted by Crippen LogP contribution is 2.37. The second kappa shape index (κ2) is 4.35. The smallest absolute Gasteiger partial charge is 0.157 e. The molecule has 0 aromatic heterocycles. The molecule has 2 aliphatic rings. The second-order valence-electron chi connectivity index (χ2n) is 4.85. The minimum Gasteiger partial charge on any atom is -0.396 e. The molecule has 0 aromatic carbocycles. The molecule has 0 spiro atoms. The summed E-state index contributed by atoms with van der Waals surface area (Å²) in [5.41, 5.74) is 1.13. The lowest BCUT2D eigenvalue weighted by atomic mass is 9.87. The molecule has 2 aliphatic carbocycles. The highest BCUT2D eigenvalue weighted by molar-refractivity contribution is 5.92. The zero-order valence-corrected chi connectivity index (χ0v) is 9.09. The zero-order chi connectivity index (χ0) is 10.7. The Hall–Kier alpha value is -0.830. The van der Waals surface area contributed by atoms with Crippen molar-refractivity contribution in [2.45, 2.75) is 38.5 Å². The Balaban J connectivity index is 1.86. The number of allylic oxidation sites excluding steroid dienone is 2. The van der Waals surface area contributed by atoms with Crippen LogP contribution in [-0.2, 0) is 4.79 Å². The summed E-state index contributed by atoms with van der Waals surface area (Å²) in [6, 6.07) is 0. The first-order valence-corrected chi connectivity index (χ1v) is 5.82. The third kappa shape index (κ3) is 2.40. The molecule has 0 aromatic rings. The van der Waals surface area contributed by atoms with Crippen LogP contribution in [0.1, 0.15) is 38.5 Å². The number of aliphatic hydroxyl groups excluding tert-OH is 1. The summed E-state index contributed by atoms with van der Waals surface area (Å²) >= 11 is 0. The minimum absolute atomic E-state index is 0.0759. The van der Waals surface area contributed by atoms with Crippen molar-refractivity contribution in [3.63, 3.8) is 0 Å². The molecule has 84 valence electrons. The van der Waals surface area contributed by atoms with Crippen LogP contribution in [0.2, 0.25) is 0 Å². The Morgan fingerprint density at radius 1 is 1.33 bits per heavy atom. The molecule has 0 aliphatic heterocycles. The van der Waals surface area contributed by atoms with Crippen molar-refractivity contribution in [2.75, 3.05) is 13.2 Å². The van der Waals surface area contributed by atoms with Gasteiger partial charge < -0.3 is 10.4 Å². The summed E-state index contributed by atoms with van der Waals surface area (Å²) in [7, 11) is 0. The number of hydrogen-bond donors (Lipinski definition) is 2. The molecule has 1 fully saturated rings. The van der Waals surface area contributed by atoms with E-state index < -0.39 is 0 Å². The number of aliphatic hydroxyl groups is 1. The molecule has 15 heavy (non-hydrogen) atoms. The van der Waals surface area contributed by atoms with Crippen LogP contribution in [0.5, 0.6) is 0 Å². The predicted molar refractivity (Wildman–Crippen MR) is 58.3 cm³/mol. The molecular weight excluding hydrogens is 190 g/mol. The van der Waals surface area contributed by atoms with Crippen molar-refractivity contribution in [3.8, 4) is 0 Å². The van der Waals surface area contributed by atoms with E-state index in [1.165, 1.54) is 12.8 Å². The summed E-state index contributed by atoms with van der Waals surface area (Å²) < 4.78 is 0. The molecule has 0 heterocycles. The topological polar surface area (TPSA) is 49.3 Å². The maximum absolute atomic E-state index is 11.0. The fourth-order valence-electron chi connectivity index (χ4n) is 2.55. The van der Waals surface area contributed by atoms with Crippen LogP contribution in [0.15, 0.2) is 11.8 Å². The first-order chi connectivity index (χ1) is 7.24. The molecule has 0 amide bonds. The average Bonchev–Trinajstić information content (AvgIpc) is 2.85. The van der Waals surface area contributed by atoms with Gasteiger partial charge in [-0.2, -0.15) is 0 Å². The van der Waals surface area contributed by atoms with Crippen LogP contribution in [0, 0.1) is 5.41 Å². The normalized spacial score (nSPS) is 24.3. The van der Waals surface area contributed by atoms with Crippen molar-refractivity contribution in [1.29, 1.82) is 0 Å². The van der Waals surface area contributed by atoms with Crippen LogP contribution < -0.4 is 5.32 Å². The maximum atomic E-state index is 11.0. The Labute approximate surface area is 90.6 Å². The van der Waals surface area contributed by atoms with E-state index in [-0.39, 0.29) is 17.8 Å². The predicted octanol–water partition coefficient (Wildman–Crippen LogP) is 1.38. The van der Waals surface area contributed by atoms with Gasteiger partial charge in [0.15, 0.2) is 5.78 Å². The highest BCUT2D eigenvalue weighted by Gasteiger charge is 2.33. The van der Waals surface area contributed by atoms with Crippen LogP contribution in [-0.4, -0.2) is 24.0 Å². The van der Waals surface area contributed by atoms with Crippen LogP contribution in [0.25, 0.3) is 0 Å². The van der Waals surface area contributed by atoms with Crippen LogP contribution in [0.3, 0.4) is 0 Å². The van der Waals surface area contributed by atoms with Crippen molar-refractivity contribution in [2.24, 2.45) is 5.41 Å². The van der Waals surface area contributed by atoms with Crippen LogP contribution >= 0.6 is 0 Å². The van der Waals surface area contributed by atoms with Gasteiger partial charge in [0.05, 0.1) is 6.61 Å². The van der Waals surface area contributed by atoms with Gasteiger partial charge in [0.2, 0.25) is 0 Å². The molecule has 0 unspecified atom stereocenters. The monoisotopic (exact) mass is 209 g/mol. The largest absolute Gasteiger partial charge is 0.396 e. The van der Waals surface area contributed by atoms with E-state index in [2.05, 4.69) is 5.32 Å². The van der Waals surface area contributed by atoms with Crippen molar-refractivity contribution < 1.29 is 9.90 Å². The minimum atomic E-state index is 0.0759. The maximum Gasteiger partial charge on any atom is 0.157 e. The standard InChI is InChI=1S/C12H19NO2/c14-9-12(5-1-2-6-12)8-13-10-3-4-11(15)7-10/h7,13-14H,1-6,8-9H2. The average molecular weight is 209 g/mol. The van der Waals surface area contributed by atoms with E-state index in [9.17, 15) is 9.90 Å². The van der Waals surface area contributed by atoms with Crippen molar-refractivity contribution in [1.82, 2.24) is 5.32 Å². The molecule has 1 saturated carbocycles. The molecule has 3 nitrogen and oxygen atoms in total. The molecule has 2 N–H and O–H groups in total. The molecular formula is C12H19NO2. The third-order valence-corrected chi connectivity index (χ3v) is 3.67. The van der Waals surface area contributed by atoms with E-state index in [1.807, 2.05) is 0 Å². The number of carbonyl (C=O) groups excluding carboxylic acids is 1. The van der Waals surface area contributed by atoms with Gasteiger partial charge in [0.1, 0.15) is 0 Å². The first-order valence-electron chi connectivity index (χ1n) is 5.82. The van der Waals surface area contributed by atoms with Gasteiger partial charge in [-0.3, -0.25) is 4.79 Å². The van der Waals surface area contributed by atoms with Crippen LogP contribution in [0.4, 0.5) is 0 Å². The number of ketones is 1. The quantitative estimate of drug-likeness (QED) is 0.735. The summed E-state index contributed by atoms with van der Waals surface area (Å²) in [6.45, 7) is 1.09. The fourth-order valence-corrected chi connectivity index (χ4v) is 2.55. The molecule has 0 radical (unpaired) electrons. The van der Waals surface area contributed by atoms with Gasteiger partial charge in [-0.05, 0) is 19.3 Å². The Morgan fingerprint density at radius 2 is 2.07 bits per heavy atom. The number of carbonyl (C=O) groups is 1. The summed E-state index contributed by atoms with van der Waals surface area (Å²) in [4.78, 5) is 11.0.